The molecule has 0 radical (unpaired) electrons. The van der Waals surface area contributed by atoms with Crippen molar-refractivity contribution in [2.75, 3.05) is 32.7 Å². The Kier molecular flexibility index (Phi) is 8.76. The first kappa shape index (κ1) is 27.7. The minimum atomic E-state index is -2.27. The number of amides is 1. The summed E-state index contributed by atoms with van der Waals surface area (Å²) in [4.78, 5) is 36.6. The summed E-state index contributed by atoms with van der Waals surface area (Å²) in [5, 5.41) is 32.5. The summed E-state index contributed by atoms with van der Waals surface area (Å²) in [6.07, 6.45) is -2.68. The van der Waals surface area contributed by atoms with E-state index in [2.05, 4.69) is 34.1 Å². The Morgan fingerprint density at radius 1 is 0.868 bits per heavy atom. The molecule has 3 fully saturated rings. The number of hydrogen-bond donors (Lipinski definition) is 4. The smallest absolute Gasteiger partial charge is 0.335 e. The molecule has 2 aromatic rings. The third-order valence-electron chi connectivity index (χ3n) is 7.92. The van der Waals surface area contributed by atoms with Crippen LogP contribution >= 0.6 is 0 Å². The van der Waals surface area contributed by atoms with E-state index < -0.39 is 24.1 Å². The maximum atomic E-state index is 13.2. The standard InChI is InChI=1S/C24H27FN2O.C4H6O6/c25-21-8-6-18(7-9-21)22-12-20-14-26(16-23(20)22)10-11-27-15-19(13-24(27)28)17-4-2-1-3-5-17;5-1(3(7)8)2(6)4(9)10/h1-9,19-20,22-23H,10-16H2;1-2,5-6H,(H,7,8)(H,9,10). The number of carboxylic acids is 2. The van der Waals surface area contributed by atoms with Crippen LogP contribution in [-0.2, 0) is 14.4 Å². The van der Waals surface area contributed by atoms with Crippen LogP contribution in [0.25, 0.3) is 0 Å². The molecule has 0 bridgehead atoms. The van der Waals surface area contributed by atoms with Gasteiger partial charge in [0, 0.05) is 45.1 Å². The van der Waals surface area contributed by atoms with Crippen molar-refractivity contribution in [3.63, 3.8) is 0 Å². The number of carbonyl (C=O) groups is 3. The minimum absolute atomic E-state index is 0.156. The monoisotopic (exact) mass is 528 g/mol. The van der Waals surface area contributed by atoms with Gasteiger partial charge in [0.2, 0.25) is 5.91 Å². The van der Waals surface area contributed by atoms with Crippen LogP contribution in [-0.4, -0.2) is 93.0 Å². The number of aliphatic hydroxyl groups is 2. The first-order valence-corrected chi connectivity index (χ1v) is 12.8. The Labute approximate surface area is 220 Å². The second-order valence-electron chi connectivity index (χ2n) is 10.3. The number of likely N-dealkylation sites (tertiary alicyclic amines) is 2. The predicted octanol–water partition coefficient (Wildman–Crippen LogP) is 1.75. The number of carbonyl (C=O) groups excluding carboxylic acids is 1. The molecule has 1 saturated carbocycles. The van der Waals surface area contributed by atoms with E-state index in [0.29, 0.717) is 30.1 Å². The molecule has 0 spiro atoms. The van der Waals surface area contributed by atoms with Gasteiger partial charge in [-0.2, -0.15) is 0 Å². The molecule has 5 rings (SSSR count). The molecule has 2 aliphatic heterocycles. The Hall–Kier alpha value is -3.34. The molecule has 6 unspecified atom stereocenters. The highest BCUT2D eigenvalue weighted by Crippen LogP contribution is 2.51. The number of rotatable bonds is 8. The zero-order valence-electron chi connectivity index (χ0n) is 20.9. The van der Waals surface area contributed by atoms with Crippen molar-refractivity contribution >= 4 is 17.8 Å². The Bertz CT molecular complexity index is 1110. The lowest BCUT2D eigenvalue weighted by atomic mass is 9.64. The topological polar surface area (TPSA) is 139 Å². The average molecular weight is 529 g/mol. The van der Waals surface area contributed by atoms with Gasteiger partial charge in [0.1, 0.15) is 5.82 Å². The van der Waals surface area contributed by atoms with Gasteiger partial charge in [-0.1, -0.05) is 42.5 Å². The fraction of sp³-hybridized carbons (Fsp3) is 0.464. The van der Waals surface area contributed by atoms with Crippen LogP contribution in [0.15, 0.2) is 54.6 Å². The molecule has 204 valence electrons. The van der Waals surface area contributed by atoms with E-state index in [-0.39, 0.29) is 5.82 Å². The molecule has 1 amide bonds. The van der Waals surface area contributed by atoms with Gasteiger partial charge in [0.25, 0.3) is 0 Å². The van der Waals surface area contributed by atoms with Crippen LogP contribution in [0.1, 0.15) is 35.8 Å². The first-order valence-electron chi connectivity index (χ1n) is 12.8. The van der Waals surface area contributed by atoms with Crippen molar-refractivity contribution < 1.29 is 39.2 Å². The number of halogens is 1. The summed E-state index contributed by atoms with van der Waals surface area (Å²) in [6, 6.07) is 17.5. The van der Waals surface area contributed by atoms with Crippen LogP contribution in [0.3, 0.4) is 0 Å². The van der Waals surface area contributed by atoms with Crippen LogP contribution in [0.2, 0.25) is 0 Å². The van der Waals surface area contributed by atoms with Crippen molar-refractivity contribution in [1.29, 1.82) is 0 Å². The number of nitrogens with zero attached hydrogens (tertiary/aromatic N) is 2. The number of carboxylic acid groups (broad SMARTS) is 2. The van der Waals surface area contributed by atoms with Crippen molar-refractivity contribution in [2.24, 2.45) is 11.8 Å². The number of benzene rings is 2. The van der Waals surface area contributed by atoms with Gasteiger partial charge in [0.15, 0.2) is 12.2 Å². The highest BCUT2D eigenvalue weighted by atomic mass is 19.1. The van der Waals surface area contributed by atoms with Crippen molar-refractivity contribution in [2.45, 2.75) is 36.9 Å². The fourth-order valence-corrected chi connectivity index (χ4v) is 5.74. The van der Waals surface area contributed by atoms with E-state index in [9.17, 15) is 18.8 Å². The molecule has 10 heteroatoms. The largest absolute Gasteiger partial charge is 0.479 e. The van der Waals surface area contributed by atoms with Crippen molar-refractivity contribution in [1.82, 2.24) is 9.80 Å². The molecular formula is C28H33FN2O7. The molecule has 38 heavy (non-hydrogen) atoms. The quantitative estimate of drug-likeness (QED) is 0.407. The molecule has 1 aliphatic carbocycles. The molecule has 3 aliphatic rings. The zero-order valence-corrected chi connectivity index (χ0v) is 20.9. The van der Waals surface area contributed by atoms with Gasteiger partial charge in [0.05, 0.1) is 0 Å². The van der Waals surface area contributed by atoms with E-state index >= 15 is 0 Å². The van der Waals surface area contributed by atoms with Gasteiger partial charge in [-0.15, -0.1) is 0 Å². The highest BCUT2D eigenvalue weighted by molar-refractivity contribution is 5.83. The summed E-state index contributed by atoms with van der Waals surface area (Å²) in [7, 11) is 0. The van der Waals surface area contributed by atoms with Crippen LogP contribution in [0.5, 0.6) is 0 Å². The SMILES string of the molecule is O=C(O)C(O)C(O)C(=O)O.O=C1CC(c2ccccc2)CN1CCN1CC2CC(c3ccc(F)cc3)C2C1. The molecule has 0 aromatic heterocycles. The third kappa shape index (κ3) is 6.38. The van der Waals surface area contributed by atoms with Crippen LogP contribution in [0.4, 0.5) is 4.39 Å². The molecule has 2 heterocycles. The Morgan fingerprint density at radius 2 is 1.50 bits per heavy atom. The third-order valence-corrected chi connectivity index (χ3v) is 7.92. The zero-order chi connectivity index (χ0) is 27.4. The summed E-state index contributed by atoms with van der Waals surface area (Å²) >= 11 is 0. The van der Waals surface area contributed by atoms with Crippen molar-refractivity contribution in [3.05, 3.63) is 71.5 Å². The van der Waals surface area contributed by atoms with Gasteiger partial charge in [-0.05, 0) is 47.4 Å². The number of fused-ring (bicyclic) bond motifs is 1. The second kappa shape index (κ2) is 12.0. The summed E-state index contributed by atoms with van der Waals surface area (Å²) in [5.74, 6) is -1.03. The highest BCUT2D eigenvalue weighted by Gasteiger charge is 2.47. The van der Waals surface area contributed by atoms with Gasteiger partial charge in [-0.3, -0.25) is 4.79 Å². The lowest BCUT2D eigenvalue weighted by Crippen LogP contribution is -2.39. The number of aliphatic carboxylic acids is 2. The maximum absolute atomic E-state index is 13.2. The van der Waals surface area contributed by atoms with Crippen LogP contribution < -0.4 is 0 Å². The summed E-state index contributed by atoms with van der Waals surface area (Å²) < 4.78 is 13.2. The van der Waals surface area contributed by atoms with E-state index in [0.717, 1.165) is 38.6 Å². The minimum Gasteiger partial charge on any atom is -0.479 e. The average Bonchev–Trinajstić information content (AvgIpc) is 3.43. The van der Waals surface area contributed by atoms with Gasteiger partial charge < -0.3 is 30.2 Å². The fourth-order valence-electron chi connectivity index (χ4n) is 5.74. The molecule has 4 N–H and O–H groups in total. The van der Waals surface area contributed by atoms with Crippen LogP contribution in [0, 0.1) is 17.7 Å². The first-order chi connectivity index (χ1) is 18.1. The molecule has 2 saturated heterocycles. The lowest BCUT2D eigenvalue weighted by molar-refractivity contribution is -0.165. The maximum Gasteiger partial charge on any atom is 0.335 e. The Morgan fingerprint density at radius 3 is 2.11 bits per heavy atom. The number of hydrogen-bond acceptors (Lipinski definition) is 6. The van der Waals surface area contributed by atoms with E-state index in [1.165, 1.54) is 17.5 Å². The van der Waals surface area contributed by atoms with E-state index in [4.69, 9.17) is 20.4 Å². The van der Waals surface area contributed by atoms with E-state index in [1.807, 2.05) is 18.2 Å². The van der Waals surface area contributed by atoms with Gasteiger partial charge in [-0.25, -0.2) is 14.0 Å². The number of aliphatic hydroxyl groups excluding tert-OH is 2. The molecular weight excluding hydrogens is 495 g/mol. The summed E-state index contributed by atoms with van der Waals surface area (Å²) in [5.41, 5.74) is 2.56. The predicted molar refractivity (Wildman–Crippen MR) is 135 cm³/mol. The normalized spacial score (nSPS) is 26.1. The Balaban J connectivity index is 0.000000289. The summed E-state index contributed by atoms with van der Waals surface area (Å²) in [6.45, 7) is 4.91. The molecule has 9 nitrogen and oxygen atoms in total. The molecule has 2 aromatic carbocycles. The van der Waals surface area contributed by atoms with E-state index in [1.54, 1.807) is 12.1 Å². The lowest BCUT2D eigenvalue weighted by Gasteiger charge is -2.40. The second-order valence-corrected chi connectivity index (χ2v) is 10.3. The molecule has 6 atom stereocenters. The van der Waals surface area contributed by atoms with Gasteiger partial charge >= 0.3 is 11.9 Å². The van der Waals surface area contributed by atoms with Crippen molar-refractivity contribution in [3.8, 4) is 0 Å².